The molecule has 1 aliphatic carbocycles. The third-order valence-corrected chi connectivity index (χ3v) is 2.63. The second kappa shape index (κ2) is 3.90. The van der Waals surface area contributed by atoms with E-state index in [1.807, 2.05) is 0 Å². The minimum absolute atomic E-state index is 0.00292. The van der Waals surface area contributed by atoms with Crippen LogP contribution in [0.5, 0.6) is 17.2 Å². The molecule has 0 saturated heterocycles. The molecule has 0 amide bonds. The van der Waals surface area contributed by atoms with Crippen molar-refractivity contribution in [2.45, 2.75) is 6.42 Å². The maximum Gasteiger partial charge on any atom is 0.169 e. The maximum absolute atomic E-state index is 9.76. The molecule has 0 aromatic heterocycles. The van der Waals surface area contributed by atoms with Gasteiger partial charge in [0, 0.05) is 5.57 Å². The normalized spacial score (nSPS) is 15.4. The van der Waals surface area contributed by atoms with Crippen LogP contribution in [-0.4, -0.2) is 20.4 Å². The molecule has 0 radical (unpaired) electrons. The van der Waals surface area contributed by atoms with Crippen molar-refractivity contribution in [1.29, 1.82) is 0 Å². The molecule has 0 atom stereocenters. The van der Waals surface area contributed by atoms with Gasteiger partial charge in [-0.2, -0.15) is 0 Å². The zero-order chi connectivity index (χ0) is 12.6. The number of aliphatic hydroxyl groups excluding tert-OH is 1. The van der Waals surface area contributed by atoms with Crippen molar-refractivity contribution >= 4 is 5.57 Å². The molecular formula is C13H12O4. The Hall–Kier alpha value is -2.36. The third kappa shape index (κ3) is 1.73. The largest absolute Gasteiger partial charge is 0.507 e. The average molecular weight is 232 g/mol. The summed E-state index contributed by atoms with van der Waals surface area (Å²) in [4.78, 5) is 0. The fraction of sp³-hybridized carbons (Fsp3) is 0.0769. The molecule has 0 saturated carbocycles. The van der Waals surface area contributed by atoms with E-state index in [-0.39, 0.29) is 28.4 Å². The Morgan fingerprint density at radius 3 is 2.29 bits per heavy atom. The second-order valence-electron chi connectivity index (χ2n) is 3.80. The number of rotatable bonds is 1. The van der Waals surface area contributed by atoms with Gasteiger partial charge in [-0.1, -0.05) is 12.7 Å². The van der Waals surface area contributed by atoms with Gasteiger partial charge in [0.25, 0.3) is 0 Å². The number of phenolic OH excluding ortho intramolecular Hbond substituents is 3. The Labute approximate surface area is 98.1 Å². The highest BCUT2D eigenvalue weighted by molar-refractivity contribution is 5.89. The third-order valence-electron chi connectivity index (χ3n) is 2.63. The van der Waals surface area contributed by atoms with E-state index in [2.05, 4.69) is 6.58 Å². The van der Waals surface area contributed by atoms with Gasteiger partial charge in [-0.25, -0.2) is 0 Å². The Morgan fingerprint density at radius 1 is 1.00 bits per heavy atom. The van der Waals surface area contributed by atoms with Gasteiger partial charge in [-0.3, -0.25) is 0 Å². The minimum Gasteiger partial charge on any atom is -0.507 e. The highest BCUT2D eigenvalue weighted by atomic mass is 16.3. The minimum atomic E-state index is -0.469. The van der Waals surface area contributed by atoms with Crippen LogP contribution < -0.4 is 0 Å². The van der Waals surface area contributed by atoms with Crippen molar-refractivity contribution in [2.24, 2.45) is 0 Å². The van der Waals surface area contributed by atoms with E-state index in [9.17, 15) is 20.4 Å². The van der Waals surface area contributed by atoms with Crippen LogP contribution >= 0.6 is 0 Å². The fourth-order valence-corrected chi connectivity index (χ4v) is 1.80. The van der Waals surface area contributed by atoms with E-state index >= 15 is 0 Å². The zero-order valence-corrected chi connectivity index (χ0v) is 9.01. The van der Waals surface area contributed by atoms with E-state index < -0.39 is 5.75 Å². The molecule has 17 heavy (non-hydrogen) atoms. The molecule has 1 aliphatic rings. The van der Waals surface area contributed by atoms with Crippen LogP contribution in [0.1, 0.15) is 12.0 Å². The molecule has 0 heterocycles. The molecule has 0 bridgehead atoms. The molecule has 4 nitrogen and oxygen atoms in total. The van der Waals surface area contributed by atoms with Gasteiger partial charge < -0.3 is 20.4 Å². The quantitative estimate of drug-likeness (QED) is 0.443. The predicted molar refractivity (Wildman–Crippen MR) is 63.9 cm³/mol. The van der Waals surface area contributed by atoms with Gasteiger partial charge in [0.05, 0.1) is 5.56 Å². The Balaban J connectivity index is 2.73. The zero-order valence-electron chi connectivity index (χ0n) is 9.01. The molecule has 4 heteroatoms. The first-order valence-electron chi connectivity index (χ1n) is 5.04. The summed E-state index contributed by atoms with van der Waals surface area (Å²) in [5.74, 6) is -1.15. The summed E-state index contributed by atoms with van der Waals surface area (Å²) in [6, 6.07) is 2.42. The van der Waals surface area contributed by atoms with Crippen LogP contribution in [0.2, 0.25) is 0 Å². The summed E-state index contributed by atoms with van der Waals surface area (Å²) in [5, 5.41) is 38.6. The molecule has 88 valence electrons. The SMILES string of the molecule is C=C1CC=CC(O)=C1c1c(O)ccc(O)c1O. The highest BCUT2D eigenvalue weighted by Gasteiger charge is 2.22. The van der Waals surface area contributed by atoms with Gasteiger partial charge >= 0.3 is 0 Å². The van der Waals surface area contributed by atoms with Crippen LogP contribution in [0.15, 0.2) is 42.2 Å². The van der Waals surface area contributed by atoms with Crippen molar-refractivity contribution in [3.8, 4) is 17.2 Å². The number of allylic oxidation sites excluding steroid dienone is 4. The molecular weight excluding hydrogens is 220 g/mol. The maximum atomic E-state index is 9.76. The lowest BCUT2D eigenvalue weighted by molar-refractivity contribution is 0.393. The van der Waals surface area contributed by atoms with Crippen LogP contribution in [0.3, 0.4) is 0 Å². The number of benzene rings is 1. The summed E-state index contributed by atoms with van der Waals surface area (Å²) in [7, 11) is 0. The van der Waals surface area contributed by atoms with Crippen LogP contribution in [0.4, 0.5) is 0 Å². The predicted octanol–water partition coefficient (Wildman–Crippen LogP) is 2.59. The van der Waals surface area contributed by atoms with Crippen molar-refractivity contribution in [3.05, 3.63) is 47.8 Å². The first-order chi connectivity index (χ1) is 8.02. The number of hydrogen-bond donors (Lipinski definition) is 4. The summed E-state index contributed by atoms with van der Waals surface area (Å²) < 4.78 is 0. The molecule has 2 rings (SSSR count). The Morgan fingerprint density at radius 2 is 1.65 bits per heavy atom. The lowest BCUT2D eigenvalue weighted by Crippen LogP contribution is -1.98. The number of aliphatic hydroxyl groups is 1. The fourth-order valence-electron chi connectivity index (χ4n) is 1.80. The van der Waals surface area contributed by atoms with Gasteiger partial charge in [-0.15, -0.1) is 0 Å². The molecule has 0 aliphatic heterocycles. The van der Waals surface area contributed by atoms with E-state index in [1.165, 1.54) is 18.2 Å². The monoisotopic (exact) mass is 232 g/mol. The van der Waals surface area contributed by atoms with Gasteiger partial charge in [0.15, 0.2) is 11.5 Å². The van der Waals surface area contributed by atoms with Gasteiger partial charge in [0.1, 0.15) is 11.5 Å². The molecule has 0 spiro atoms. The Bertz CT molecular complexity index is 553. The smallest absolute Gasteiger partial charge is 0.169 e. The first kappa shape index (κ1) is 11.1. The average Bonchev–Trinajstić information content (AvgIpc) is 2.28. The van der Waals surface area contributed by atoms with Gasteiger partial charge in [-0.05, 0) is 30.2 Å². The highest BCUT2D eigenvalue weighted by Crippen LogP contribution is 2.44. The van der Waals surface area contributed by atoms with Crippen LogP contribution in [0.25, 0.3) is 5.57 Å². The lowest BCUT2D eigenvalue weighted by atomic mass is 9.90. The van der Waals surface area contributed by atoms with Crippen molar-refractivity contribution in [2.75, 3.05) is 0 Å². The Kier molecular flexibility index (Phi) is 2.55. The molecule has 1 aromatic rings. The number of phenols is 3. The van der Waals surface area contributed by atoms with E-state index in [0.29, 0.717) is 12.0 Å². The summed E-state index contributed by atoms with van der Waals surface area (Å²) in [6.07, 6.45) is 3.69. The van der Waals surface area contributed by atoms with Crippen LogP contribution in [-0.2, 0) is 0 Å². The lowest BCUT2D eigenvalue weighted by Gasteiger charge is -2.17. The second-order valence-corrected chi connectivity index (χ2v) is 3.80. The molecule has 0 fully saturated rings. The van der Waals surface area contributed by atoms with E-state index in [1.54, 1.807) is 6.08 Å². The summed E-state index contributed by atoms with van der Waals surface area (Å²) in [5.41, 5.74) is 0.802. The van der Waals surface area contributed by atoms with E-state index in [0.717, 1.165) is 0 Å². The standard InChI is InChI=1S/C13H12O4/c1-7-3-2-4-8(14)11(7)12-9(15)5-6-10(16)13(12)17/h2,4-6,14-17H,1,3H2. The summed E-state index contributed by atoms with van der Waals surface area (Å²) >= 11 is 0. The number of hydrogen-bond acceptors (Lipinski definition) is 4. The summed E-state index contributed by atoms with van der Waals surface area (Å²) in [6.45, 7) is 3.76. The van der Waals surface area contributed by atoms with Crippen molar-refractivity contribution in [3.63, 3.8) is 0 Å². The van der Waals surface area contributed by atoms with Gasteiger partial charge in [0.2, 0.25) is 0 Å². The van der Waals surface area contributed by atoms with Crippen molar-refractivity contribution < 1.29 is 20.4 Å². The van der Waals surface area contributed by atoms with Crippen LogP contribution in [0, 0.1) is 0 Å². The van der Waals surface area contributed by atoms with Crippen molar-refractivity contribution in [1.82, 2.24) is 0 Å². The molecule has 1 aromatic carbocycles. The van der Waals surface area contributed by atoms with E-state index in [4.69, 9.17) is 0 Å². The topological polar surface area (TPSA) is 80.9 Å². The number of aromatic hydroxyl groups is 3. The molecule has 0 unspecified atom stereocenters. The first-order valence-corrected chi connectivity index (χ1v) is 5.04. The molecule has 4 N–H and O–H groups in total.